The zero-order valence-corrected chi connectivity index (χ0v) is 14.3. The van der Waals surface area contributed by atoms with E-state index >= 15 is 0 Å². The Balaban J connectivity index is 2.31. The fraction of sp³-hybridized carbons (Fsp3) is 0.316. The summed E-state index contributed by atoms with van der Waals surface area (Å²) in [5, 5.41) is 0.616. The summed E-state index contributed by atoms with van der Waals surface area (Å²) < 4.78 is 13.1. The fourth-order valence-electron chi connectivity index (χ4n) is 2.48. The van der Waals surface area contributed by atoms with Crippen LogP contribution in [0.25, 0.3) is 0 Å². The topological polar surface area (TPSA) is 43.1 Å². The minimum atomic E-state index is -0.534. The van der Waals surface area contributed by atoms with Crippen molar-refractivity contribution in [2.75, 3.05) is 0 Å². The van der Waals surface area contributed by atoms with Crippen LogP contribution in [0.15, 0.2) is 42.5 Å². The van der Waals surface area contributed by atoms with E-state index in [0.29, 0.717) is 17.0 Å². The second-order valence-electron chi connectivity index (χ2n) is 6.77. The fourth-order valence-corrected chi connectivity index (χ4v) is 2.73. The van der Waals surface area contributed by atoms with Crippen LogP contribution in [-0.2, 0) is 16.6 Å². The van der Waals surface area contributed by atoms with Crippen molar-refractivity contribution in [3.63, 3.8) is 0 Å². The summed E-state index contributed by atoms with van der Waals surface area (Å²) in [4.78, 5) is 11.8. The molecule has 0 saturated carbocycles. The molecule has 2 aromatic rings. The molecule has 2 aromatic carbocycles. The van der Waals surface area contributed by atoms with Gasteiger partial charge in [-0.05, 0) is 46.7 Å². The quantitative estimate of drug-likeness (QED) is 0.873. The van der Waals surface area contributed by atoms with Gasteiger partial charge in [0, 0.05) is 5.02 Å². The van der Waals surface area contributed by atoms with Crippen molar-refractivity contribution >= 4 is 17.5 Å². The lowest BCUT2D eigenvalue weighted by molar-refractivity contribution is -0.119. The summed E-state index contributed by atoms with van der Waals surface area (Å²) in [7, 11) is 0. The van der Waals surface area contributed by atoms with E-state index in [0.717, 1.165) is 11.1 Å². The van der Waals surface area contributed by atoms with Gasteiger partial charge in [0.25, 0.3) is 0 Å². The van der Waals surface area contributed by atoms with Gasteiger partial charge in [-0.1, -0.05) is 56.6 Å². The van der Waals surface area contributed by atoms with Gasteiger partial charge < -0.3 is 5.73 Å². The average molecular weight is 334 g/mol. The second-order valence-corrected chi connectivity index (χ2v) is 7.17. The van der Waals surface area contributed by atoms with Crippen LogP contribution in [0.2, 0.25) is 5.02 Å². The Labute approximate surface area is 141 Å². The summed E-state index contributed by atoms with van der Waals surface area (Å²) in [6.45, 7) is 6.34. The summed E-state index contributed by atoms with van der Waals surface area (Å²) in [5.41, 5.74) is 8.20. The molecule has 0 aliphatic carbocycles. The highest BCUT2D eigenvalue weighted by molar-refractivity contribution is 6.31. The third-order valence-electron chi connectivity index (χ3n) is 3.96. The van der Waals surface area contributed by atoms with Gasteiger partial charge in [0.1, 0.15) is 5.82 Å². The summed E-state index contributed by atoms with van der Waals surface area (Å²) in [6.07, 6.45) is 0.393. The highest BCUT2D eigenvalue weighted by atomic mass is 35.5. The first-order chi connectivity index (χ1) is 10.7. The number of rotatable bonds is 4. The zero-order valence-electron chi connectivity index (χ0n) is 13.6. The van der Waals surface area contributed by atoms with Gasteiger partial charge in [-0.2, -0.15) is 0 Å². The van der Waals surface area contributed by atoms with Gasteiger partial charge >= 0.3 is 0 Å². The lowest BCUT2D eigenvalue weighted by atomic mass is 9.85. The molecule has 2 rings (SSSR count). The van der Waals surface area contributed by atoms with Gasteiger partial charge in [0.05, 0.1) is 5.92 Å². The molecule has 0 heterocycles. The van der Waals surface area contributed by atoms with Crippen LogP contribution in [0.3, 0.4) is 0 Å². The van der Waals surface area contributed by atoms with Gasteiger partial charge in [-0.15, -0.1) is 0 Å². The predicted octanol–water partition coefficient (Wildman–Crippen LogP) is 4.59. The van der Waals surface area contributed by atoms with E-state index in [4.69, 9.17) is 17.3 Å². The van der Waals surface area contributed by atoms with Crippen molar-refractivity contribution in [1.82, 2.24) is 0 Å². The Bertz CT molecular complexity index is 704. The number of nitrogens with two attached hydrogens (primary N) is 1. The van der Waals surface area contributed by atoms with Crippen LogP contribution in [0.1, 0.15) is 43.4 Å². The molecule has 1 atom stereocenters. The molecule has 0 aliphatic rings. The molecule has 0 bridgehead atoms. The molecule has 2 N–H and O–H groups in total. The number of halogens is 2. The molecular weight excluding hydrogens is 313 g/mol. The molecule has 23 heavy (non-hydrogen) atoms. The zero-order chi connectivity index (χ0) is 17.2. The van der Waals surface area contributed by atoms with Crippen molar-refractivity contribution in [2.45, 2.75) is 38.5 Å². The molecule has 122 valence electrons. The van der Waals surface area contributed by atoms with Crippen molar-refractivity contribution in [1.29, 1.82) is 0 Å². The lowest BCUT2D eigenvalue weighted by Gasteiger charge is -2.21. The minimum Gasteiger partial charge on any atom is -0.369 e. The molecule has 2 nitrogen and oxygen atoms in total. The van der Waals surface area contributed by atoms with Crippen LogP contribution in [-0.4, -0.2) is 5.91 Å². The molecular formula is C19H21ClFNO. The number of amides is 1. The number of hydrogen-bond donors (Lipinski definition) is 1. The Morgan fingerprint density at radius 3 is 2.26 bits per heavy atom. The first kappa shape index (κ1) is 17.5. The van der Waals surface area contributed by atoms with Crippen LogP contribution in [0.4, 0.5) is 4.39 Å². The molecule has 1 amide bonds. The number of carbonyl (C=O) groups excluding carboxylic acids is 1. The van der Waals surface area contributed by atoms with Gasteiger partial charge in [-0.3, -0.25) is 4.79 Å². The van der Waals surface area contributed by atoms with E-state index < -0.39 is 11.8 Å². The summed E-state index contributed by atoms with van der Waals surface area (Å²) >= 11 is 6.38. The molecule has 0 aromatic heterocycles. The standard InChI is InChI=1S/C19H21ClFNO/c1-19(2,3)14-7-4-13(17(20)11-14)10-16(18(22)23)12-5-8-15(21)9-6-12/h4-9,11,16H,10H2,1-3H3,(H2,22,23). The van der Waals surface area contributed by atoms with Gasteiger partial charge in [0.15, 0.2) is 0 Å². The van der Waals surface area contributed by atoms with E-state index in [9.17, 15) is 9.18 Å². The number of carbonyl (C=O) groups is 1. The third kappa shape index (κ3) is 4.32. The largest absolute Gasteiger partial charge is 0.369 e. The molecule has 0 radical (unpaired) electrons. The molecule has 0 saturated heterocycles. The summed E-state index contributed by atoms with van der Waals surface area (Å²) in [6, 6.07) is 11.7. The molecule has 4 heteroatoms. The molecule has 1 unspecified atom stereocenters. The van der Waals surface area contributed by atoms with Crippen molar-refractivity contribution in [3.05, 3.63) is 70.0 Å². The van der Waals surface area contributed by atoms with Crippen LogP contribution >= 0.6 is 11.6 Å². The Hall–Kier alpha value is -1.87. The first-order valence-corrected chi connectivity index (χ1v) is 7.90. The SMILES string of the molecule is CC(C)(C)c1ccc(CC(C(N)=O)c2ccc(F)cc2)c(Cl)c1. The lowest BCUT2D eigenvalue weighted by Crippen LogP contribution is -2.23. The van der Waals surface area contributed by atoms with Crippen LogP contribution in [0, 0.1) is 5.82 Å². The number of hydrogen-bond acceptors (Lipinski definition) is 1. The monoisotopic (exact) mass is 333 g/mol. The van der Waals surface area contributed by atoms with Crippen LogP contribution in [0.5, 0.6) is 0 Å². The summed E-state index contributed by atoms with van der Waals surface area (Å²) in [5.74, 6) is -1.33. The predicted molar refractivity (Wildman–Crippen MR) is 92.2 cm³/mol. The van der Waals surface area contributed by atoms with Crippen molar-refractivity contribution in [2.24, 2.45) is 5.73 Å². The van der Waals surface area contributed by atoms with Crippen LogP contribution < -0.4 is 5.73 Å². The maximum Gasteiger partial charge on any atom is 0.225 e. The van der Waals surface area contributed by atoms with E-state index in [2.05, 4.69) is 20.8 Å². The molecule has 0 spiro atoms. The second kappa shape index (κ2) is 6.71. The Morgan fingerprint density at radius 1 is 1.17 bits per heavy atom. The molecule has 0 fully saturated rings. The Morgan fingerprint density at radius 2 is 1.78 bits per heavy atom. The average Bonchev–Trinajstić information content (AvgIpc) is 2.46. The highest BCUT2D eigenvalue weighted by Gasteiger charge is 2.21. The van der Waals surface area contributed by atoms with Gasteiger partial charge in [-0.25, -0.2) is 4.39 Å². The van der Waals surface area contributed by atoms with Gasteiger partial charge in [0.2, 0.25) is 5.91 Å². The van der Waals surface area contributed by atoms with Crippen molar-refractivity contribution < 1.29 is 9.18 Å². The maximum atomic E-state index is 13.1. The third-order valence-corrected chi connectivity index (χ3v) is 4.31. The van der Waals surface area contributed by atoms with Crippen molar-refractivity contribution in [3.8, 4) is 0 Å². The van der Waals surface area contributed by atoms with E-state index in [1.807, 2.05) is 18.2 Å². The van der Waals surface area contributed by atoms with E-state index in [1.54, 1.807) is 12.1 Å². The highest BCUT2D eigenvalue weighted by Crippen LogP contribution is 2.30. The maximum absolute atomic E-state index is 13.1. The minimum absolute atomic E-state index is 0.00220. The normalized spacial score (nSPS) is 12.9. The Kier molecular flexibility index (Phi) is 5.10. The van der Waals surface area contributed by atoms with E-state index in [1.165, 1.54) is 12.1 Å². The van der Waals surface area contributed by atoms with E-state index in [-0.39, 0.29) is 11.2 Å². The smallest absolute Gasteiger partial charge is 0.225 e. The number of primary amides is 1. The molecule has 0 aliphatic heterocycles. The first-order valence-electron chi connectivity index (χ1n) is 7.52. The number of benzene rings is 2.